The van der Waals surface area contributed by atoms with Crippen molar-refractivity contribution in [1.29, 1.82) is 0 Å². The summed E-state index contributed by atoms with van der Waals surface area (Å²) in [6.07, 6.45) is 3.62. The first-order chi connectivity index (χ1) is 10.5. The predicted molar refractivity (Wildman–Crippen MR) is 90.4 cm³/mol. The van der Waals surface area contributed by atoms with Gasteiger partial charge in [0.15, 0.2) is 0 Å². The molecule has 0 spiro atoms. The molecule has 1 aromatic heterocycles. The van der Waals surface area contributed by atoms with E-state index in [4.69, 9.17) is 0 Å². The third kappa shape index (κ3) is 3.19. The molecule has 122 valence electrons. The van der Waals surface area contributed by atoms with Crippen LogP contribution in [0.3, 0.4) is 0 Å². The number of nitrogens with zero attached hydrogens (tertiary/aromatic N) is 2. The van der Waals surface area contributed by atoms with Crippen molar-refractivity contribution >= 4 is 23.2 Å². The molecule has 2 rings (SSSR count). The van der Waals surface area contributed by atoms with Crippen LogP contribution in [0.2, 0.25) is 0 Å². The molecule has 0 aromatic carbocycles. The normalized spacial score (nSPS) is 18.9. The Morgan fingerprint density at radius 1 is 1.36 bits per heavy atom. The maximum atomic E-state index is 13.0. The van der Waals surface area contributed by atoms with Crippen molar-refractivity contribution in [2.45, 2.75) is 52.5 Å². The molecule has 4 nitrogen and oxygen atoms in total. The number of carbonyl (C=O) groups excluding carboxylic acids is 2. The summed E-state index contributed by atoms with van der Waals surface area (Å²) in [5, 5.41) is 1.95. The van der Waals surface area contributed by atoms with Crippen LogP contribution in [0.4, 0.5) is 0 Å². The van der Waals surface area contributed by atoms with E-state index in [2.05, 4.69) is 20.8 Å². The van der Waals surface area contributed by atoms with Crippen LogP contribution in [0.15, 0.2) is 5.38 Å². The zero-order chi connectivity index (χ0) is 16.3. The lowest BCUT2D eigenvalue weighted by Crippen LogP contribution is -2.57. The quantitative estimate of drug-likeness (QED) is 0.836. The number of thiophene rings is 1. The minimum Gasteiger partial charge on any atom is -0.342 e. The third-order valence-electron chi connectivity index (χ3n) is 4.49. The van der Waals surface area contributed by atoms with E-state index in [1.807, 2.05) is 12.4 Å². The summed E-state index contributed by atoms with van der Waals surface area (Å²) in [7, 11) is 1.83. The molecule has 0 aliphatic carbocycles. The molecule has 1 saturated heterocycles. The minimum absolute atomic E-state index is 0.0313. The summed E-state index contributed by atoms with van der Waals surface area (Å²) in [6.45, 7) is 7.51. The molecule has 1 aliphatic rings. The number of hydrogen-bond donors (Lipinski definition) is 0. The number of rotatable bonds is 5. The monoisotopic (exact) mass is 322 g/mol. The zero-order valence-electron chi connectivity index (χ0n) is 14.0. The summed E-state index contributed by atoms with van der Waals surface area (Å²) in [5.41, 5.74) is 1.93. The molecule has 5 heteroatoms. The molecule has 0 bridgehead atoms. The molecule has 22 heavy (non-hydrogen) atoms. The van der Waals surface area contributed by atoms with Crippen LogP contribution in [0.5, 0.6) is 0 Å². The number of piperazine rings is 1. The standard InChI is InChI=1S/C17H26N2O2S/c1-5-7-8-15-17(21)18(4)9-10-19(15)16(20)14-11-22-12(3)13(14)6-2/h11,15H,5-10H2,1-4H3/t15-/m0/s1. The highest BCUT2D eigenvalue weighted by atomic mass is 32.1. The van der Waals surface area contributed by atoms with Crippen molar-refractivity contribution in [1.82, 2.24) is 9.80 Å². The van der Waals surface area contributed by atoms with Gasteiger partial charge in [-0.25, -0.2) is 0 Å². The minimum atomic E-state index is -0.295. The average molecular weight is 322 g/mol. The molecule has 2 amide bonds. The maximum absolute atomic E-state index is 13.0. The largest absolute Gasteiger partial charge is 0.342 e. The maximum Gasteiger partial charge on any atom is 0.255 e. The Kier molecular flexibility index (Phi) is 5.62. The van der Waals surface area contributed by atoms with Crippen molar-refractivity contribution in [3.63, 3.8) is 0 Å². The van der Waals surface area contributed by atoms with E-state index in [1.54, 1.807) is 21.1 Å². The van der Waals surface area contributed by atoms with Crippen LogP contribution >= 0.6 is 11.3 Å². The number of likely N-dealkylation sites (N-methyl/N-ethyl adjacent to an activating group) is 1. The number of hydrogen-bond acceptors (Lipinski definition) is 3. The molecule has 1 fully saturated rings. The number of carbonyl (C=O) groups is 2. The fourth-order valence-electron chi connectivity index (χ4n) is 3.08. The van der Waals surface area contributed by atoms with Crippen molar-refractivity contribution in [2.75, 3.05) is 20.1 Å². The van der Waals surface area contributed by atoms with Crippen molar-refractivity contribution in [3.05, 3.63) is 21.4 Å². The first-order valence-electron chi connectivity index (χ1n) is 8.14. The van der Waals surface area contributed by atoms with Gasteiger partial charge >= 0.3 is 0 Å². The summed E-state index contributed by atoms with van der Waals surface area (Å²) >= 11 is 1.63. The number of aryl methyl sites for hydroxylation is 1. The Hall–Kier alpha value is -1.36. The van der Waals surface area contributed by atoms with Crippen LogP contribution in [-0.2, 0) is 11.2 Å². The first-order valence-corrected chi connectivity index (χ1v) is 9.02. The second-order valence-corrected chi connectivity index (χ2v) is 7.04. The van der Waals surface area contributed by atoms with Gasteiger partial charge in [-0.3, -0.25) is 9.59 Å². The van der Waals surface area contributed by atoms with Gasteiger partial charge in [-0.2, -0.15) is 0 Å². The van der Waals surface area contributed by atoms with Crippen LogP contribution < -0.4 is 0 Å². The lowest BCUT2D eigenvalue weighted by atomic mass is 10.0. The van der Waals surface area contributed by atoms with Crippen molar-refractivity contribution in [2.24, 2.45) is 0 Å². The van der Waals surface area contributed by atoms with Crippen LogP contribution in [0.1, 0.15) is 53.9 Å². The highest BCUT2D eigenvalue weighted by Gasteiger charge is 2.36. The summed E-state index contributed by atoms with van der Waals surface area (Å²) < 4.78 is 0. The Balaban J connectivity index is 2.27. The summed E-state index contributed by atoms with van der Waals surface area (Å²) in [6, 6.07) is -0.295. The number of amides is 2. The molecule has 0 saturated carbocycles. The van der Waals surface area contributed by atoms with E-state index in [0.717, 1.165) is 36.8 Å². The lowest BCUT2D eigenvalue weighted by molar-refractivity contribution is -0.138. The predicted octanol–water partition coefficient (Wildman–Crippen LogP) is 3.09. The fraction of sp³-hybridized carbons (Fsp3) is 0.647. The topological polar surface area (TPSA) is 40.6 Å². The lowest BCUT2D eigenvalue weighted by Gasteiger charge is -2.39. The van der Waals surface area contributed by atoms with Gasteiger partial charge in [-0.15, -0.1) is 11.3 Å². The summed E-state index contributed by atoms with van der Waals surface area (Å²) in [4.78, 5) is 30.2. The van der Waals surface area contributed by atoms with Crippen molar-refractivity contribution in [3.8, 4) is 0 Å². The highest BCUT2D eigenvalue weighted by Crippen LogP contribution is 2.26. The van der Waals surface area contributed by atoms with Crippen molar-refractivity contribution < 1.29 is 9.59 Å². The summed E-state index contributed by atoms with van der Waals surface area (Å²) in [5.74, 6) is 0.113. The highest BCUT2D eigenvalue weighted by molar-refractivity contribution is 7.10. The molecule has 2 heterocycles. The first kappa shape index (κ1) is 17.0. The van der Waals surface area contributed by atoms with E-state index < -0.39 is 0 Å². The molecule has 0 unspecified atom stereocenters. The van der Waals surface area contributed by atoms with E-state index in [9.17, 15) is 9.59 Å². The van der Waals surface area contributed by atoms with E-state index in [-0.39, 0.29) is 17.9 Å². The van der Waals surface area contributed by atoms with E-state index in [0.29, 0.717) is 13.1 Å². The van der Waals surface area contributed by atoms with Gasteiger partial charge in [0.05, 0.1) is 5.56 Å². The SMILES string of the molecule is CCCC[C@H]1C(=O)N(C)CCN1C(=O)c1csc(C)c1CC. The fourth-order valence-corrected chi connectivity index (χ4v) is 4.02. The van der Waals surface area contributed by atoms with Crippen LogP contribution in [0, 0.1) is 6.92 Å². The van der Waals surface area contributed by atoms with Gasteiger partial charge in [0.1, 0.15) is 6.04 Å². The molecular weight excluding hydrogens is 296 g/mol. The average Bonchev–Trinajstić information content (AvgIpc) is 2.88. The second-order valence-electron chi connectivity index (χ2n) is 5.95. The molecular formula is C17H26N2O2S. The third-order valence-corrected chi connectivity index (χ3v) is 5.45. The molecule has 1 aliphatic heterocycles. The van der Waals surface area contributed by atoms with Gasteiger partial charge in [-0.1, -0.05) is 26.7 Å². The number of unbranched alkanes of at least 4 members (excludes halogenated alkanes) is 1. The Bertz CT molecular complexity index is 553. The molecule has 1 atom stereocenters. The van der Waals surface area contributed by atoms with Crippen LogP contribution in [0.25, 0.3) is 0 Å². The zero-order valence-corrected chi connectivity index (χ0v) is 14.8. The Morgan fingerprint density at radius 3 is 2.73 bits per heavy atom. The molecule has 0 N–H and O–H groups in total. The van der Waals surface area contributed by atoms with Gasteiger partial charge in [0.25, 0.3) is 5.91 Å². The van der Waals surface area contributed by atoms with Gasteiger partial charge in [-0.05, 0) is 25.3 Å². The van der Waals surface area contributed by atoms with E-state index in [1.165, 1.54) is 4.88 Å². The smallest absolute Gasteiger partial charge is 0.255 e. The second kappa shape index (κ2) is 7.27. The van der Waals surface area contributed by atoms with Gasteiger partial charge in [0, 0.05) is 30.4 Å². The Morgan fingerprint density at radius 2 is 2.09 bits per heavy atom. The van der Waals surface area contributed by atoms with E-state index >= 15 is 0 Å². The van der Waals surface area contributed by atoms with Crippen LogP contribution in [-0.4, -0.2) is 47.8 Å². The molecule has 1 aromatic rings. The van der Waals surface area contributed by atoms with Gasteiger partial charge < -0.3 is 9.80 Å². The molecule has 0 radical (unpaired) electrons. The Labute approximate surface area is 137 Å². The van der Waals surface area contributed by atoms with Gasteiger partial charge in [0.2, 0.25) is 5.91 Å².